The van der Waals surface area contributed by atoms with Crippen LogP contribution < -0.4 is 0 Å². The molecule has 0 aromatic heterocycles. The molecule has 0 aliphatic heterocycles. The van der Waals surface area contributed by atoms with Crippen LogP contribution in [0.3, 0.4) is 0 Å². The Bertz CT molecular complexity index is 397. The van der Waals surface area contributed by atoms with Crippen molar-refractivity contribution in [3.63, 3.8) is 0 Å². The topological polar surface area (TPSA) is 127 Å². The van der Waals surface area contributed by atoms with Crippen LogP contribution in [0.1, 0.15) is 98.3 Å². The van der Waals surface area contributed by atoms with Crippen molar-refractivity contribution in [1.82, 2.24) is 0 Å². The zero-order chi connectivity index (χ0) is 26.0. The van der Waals surface area contributed by atoms with Crippen molar-refractivity contribution in [3.8, 4) is 0 Å². The maximum absolute atomic E-state index is 10.7. The number of unbranched alkanes of at least 4 members (excludes halogenated alkanes) is 9. The summed E-state index contributed by atoms with van der Waals surface area (Å²) in [5.74, 6) is -0.305. The number of carbonyl (C=O) groups excluding carboxylic acids is 1. The number of aliphatic hydroxyl groups excluding tert-OH is 5. The highest BCUT2D eigenvalue weighted by Gasteiger charge is 2.24. The summed E-state index contributed by atoms with van der Waals surface area (Å²) in [7, 11) is 0. The van der Waals surface area contributed by atoms with Crippen LogP contribution in [0.15, 0.2) is 12.7 Å². The van der Waals surface area contributed by atoms with Gasteiger partial charge in [0.05, 0.1) is 39.6 Å². The van der Waals surface area contributed by atoms with Crippen molar-refractivity contribution in [1.29, 1.82) is 0 Å². The fourth-order valence-corrected chi connectivity index (χ4v) is 2.36. The SMILES string of the molecule is C=CC(=O)OCCCCCCCCCCCC.CC(C)(CO)CO.CCC(CO)(CO)CO. The standard InChI is InChI=1S/C15H28O2.C6H14O3.C5H12O2/c1-3-5-6-7-8-9-10-11-12-13-14-17-15(16)4-2;1-2-6(3-7,4-8)5-9;1-5(2,3-6)4-7/h4H,2-3,5-14H2,1H3;7-9H,2-5H2,1H3;6-7H,3-4H2,1-2H3. The van der Waals surface area contributed by atoms with E-state index in [1.54, 1.807) is 13.8 Å². The molecule has 0 radical (unpaired) electrons. The van der Waals surface area contributed by atoms with Crippen LogP contribution in [-0.4, -0.2) is 71.1 Å². The van der Waals surface area contributed by atoms with E-state index in [9.17, 15) is 4.79 Å². The number of hydrogen-bond acceptors (Lipinski definition) is 7. The van der Waals surface area contributed by atoms with Crippen LogP contribution in [0.2, 0.25) is 0 Å². The number of esters is 1. The number of hydrogen-bond donors (Lipinski definition) is 5. The maximum atomic E-state index is 10.7. The predicted molar refractivity (Wildman–Crippen MR) is 135 cm³/mol. The first kappa shape index (κ1) is 36.6. The molecule has 0 aliphatic rings. The molecule has 0 aliphatic carbocycles. The lowest BCUT2D eigenvalue weighted by molar-refractivity contribution is -0.137. The number of ether oxygens (including phenoxy) is 1. The maximum Gasteiger partial charge on any atom is 0.330 e. The summed E-state index contributed by atoms with van der Waals surface area (Å²) in [6.07, 6.45) is 14.8. The lowest BCUT2D eigenvalue weighted by Crippen LogP contribution is -2.32. The minimum absolute atomic E-state index is 0.0451. The first-order chi connectivity index (χ1) is 15.7. The van der Waals surface area contributed by atoms with E-state index in [0.29, 0.717) is 13.0 Å². The van der Waals surface area contributed by atoms with Gasteiger partial charge < -0.3 is 30.3 Å². The molecule has 0 saturated heterocycles. The van der Waals surface area contributed by atoms with Crippen molar-refractivity contribution >= 4 is 5.97 Å². The molecule has 0 atom stereocenters. The molecule has 0 aromatic rings. The van der Waals surface area contributed by atoms with Crippen LogP contribution in [0.25, 0.3) is 0 Å². The van der Waals surface area contributed by atoms with Crippen LogP contribution in [-0.2, 0) is 9.53 Å². The van der Waals surface area contributed by atoms with Crippen molar-refractivity contribution in [3.05, 3.63) is 12.7 Å². The normalized spacial score (nSPS) is 11.1. The first-order valence-electron chi connectivity index (χ1n) is 12.5. The van der Waals surface area contributed by atoms with E-state index < -0.39 is 5.41 Å². The number of aliphatic hydroxyl groups is 5. The molecule has 0 saturated carbocycles. The molecule has 7 heteroatoms. The highest BCUT2D eigenvalue weighted by atomic mass is 16.5. The molecule has 0 unspecified atom stereocenters. The van der Waals surface area contributed by atoms with Crippen LogP contribution in [0.4, 0.5) is 0 Å². The Labute approximate surface area is 202 Å². The van der Waals surface area contributed by atoms with Gasteiger partial charge in [-0.2, -0.15) is 0 Å². The van der Waals surface area contributed by atoms with Crippen LogP contribution in [0.5, 0.6) is 0 Å². The van der Waals surface area contributed by atoms with Crippen molar-refractivity contribution < 1.29 is 35.1 Å². The van der Waals surface area contributed by atoms with Gasteiger partial charge in [-0.1, -0.05) is 92.1 Å². The average molecular weight is 479 g/mol. The average Bonchev–Trinajstić information content (AvgIpc) is 2.85. The van der Waals surface area contributed by atoms with Crippen LogP contribution in [0, 0.1) is 10.8 Å². The third kappa shape index (κ3) is 25.5. The van der Waals surface area contributed by atoms with Gasteiger partial charge in [0, 0.05) is 16.9 Å². The minimum Gasteiger partial charge on any atom is -0.463 e. The van der Waals surface area contributed by atoms with Crippen molar-refractivity contribution in [2.24, 2.45) is 10.8 Å². The Morgan fingerprint density at radius 1 is 0.727 bits per heavy atom. The summed E-state index contributed by atoms with van der Waals surface area (Å²) < 4.78 is 4.91. The molecule has 0 heterocycles. The van der Waals surface area contributed by atoms with Crippen molar-refractivity contribution in [2.45, 2.75) is 98.3 Å². The van der Waals surface area contributed by atoms with Crippen molar-refractivity contribution in [2.75, 3.05) is 39.6 Å². The third-order valence-electron chi connectivity index (χ3n) is 5.52. The van der Waals surface area contributed by atoms with Gasteiger partial charge in [0.15, 0.2) is 0 Å². The number of rotatable bonds is 18. The highest BCUT2D eigenvalue weighted by molar-refractivity contribution is 5.81. The quantitative estimate of drug-likeness (QED) is 0.114. The van der Waals surface area contributed by atoms with Gasteiger partial charge in [0.25, 0.3) is 0 Å². The smallest absolute Gasteiger partial charge is 0.330 e. The third-order valence-corrected chi connectivity index (χ3v) is 5.52. The summed E-state index contributed by atoms with van der Waals surface area (Å²) in [4.78, 5) is 10.7. The van der Waals surface area contributed by atoms with Gasteiger partial charge in [-0.3, -0.25) is 0 Å². The van der Waals surface area contributed by atoms with E-state index in [-0.39, 0.29) is 44.4 Å². The molecule has 0 bridgehead atoms. The second kappa shape index (κ2) is 25.6. The van der Waals surface area contributed by atoms with Gasteiger partial charge in [-0.15, -0.1) is 0 Å². The summed E-state index contributed by atoms with van der Waals surface area (Å²) in [6.45, 7) is 11.2. The Kier molecular flexibility index (Phi) is 28.4. The molecule has 200 valence electrons. The lowest BCUT2D eigenvalue weighted by atomic mass is 9.88. The van der Waals surface area contributed by atoms with Gasteiger partial charge in [-0.05, 0) is 12.8 Å². The Morgan fingerprint density at radius 3 is 1.36 bits per heavy atom. The number of carbonyl (C=O) groups is 1. The Morgan fingerprint density at radius 2 is 1.12 bits per heavy atom. The monoisotopic (exact) mass is 478 g/mol. The van der Waals surface area contributed by atoms with E-state index in [0.717, 1.165) is 6.42 Å². The fourth-order valence-electron chi connectivity index (χ4n) is 2.36. The zero-order valence-corrected chi connectivity index (χ0v) is 21.9. The first-order valence-corrected chi connectivity index (χ1v) is 12.5. The van der Waals surface area contributed by atoms with E-state index in [2.05, 4.69) is 13.5 Å². The van der Waals surface area contributed by atoms with E-state index in [1.807, 2.05) is 6.92 Å². The molecule has 0 aromatic carbocycles. The van der Waals surface area contributed by atoms with Crippen LogP contribution >= 0.6 is 0 Å². The van der Waals surface area contributed by atoms with Gasteiger partial charge in [0.2, 0.25) is 0 Å². The van der Waals surface area contributed by atoms with Gasteiger partial charge in [0.1, 0.15) is 0 Å². The molecular weight excluding hydrogens is 424 g/mol. The van der Waals surface area contributed by atoms with Gasteiger partial charge >= 0.3 is 5.97 Å². The fraction of sp³-hybridized carbons (Fsp3) is 0.885. The molecule has 0 spiro atoms. The van der Waals surface area contributed by atoms with E-state index in [1.165, 1.54) is 63.9 Å². The zero-order valence-electron chi connectivity index (χ0n) is 21.9. The largest absolute Gasteiger partial charge is 0.463 e. The molecule has 0 rings (SSSR count). The molecule has 0 amide bonds. The second-order valence-corrected chi connectivity index (χ2v) is 9.36. The summed E-state index contributed by atoms with van der Waals surface area (Å²) in [5.41, 5.74) is -0.972. The molecular formula is C26H54O7. The second-order valence-electron chi connectivity index (χ2n) is 9.36. The summed E-state index contributed by atoms with van der Waals surface area (Å²) in [6, 6.07) is 0. The molecule has 33 heavy (non-hydrogen) atoms. The Balaban J connectivity index is -0.000000469. The molecule has 5 N–H and O–H groups in total. The lowest BCUT2D eigenvalue weighted by Gasteiger charge is -2.24. The minimum atomic E-state index is -0.667. The van der Waals surface area contributed by atoms with E-state index >= 15 is 0 Å². The summed E-state index contributed by atoms with van der Waals surface area (Å²) >= 11 is 0. The molecule has 7 nitrogen and oxygen atoms in total. The highest BCUT2D eigenvalue weighted by Crippen LogP contribution is 2.18. The summed E-state index contributed by atoms with van der Waals surface area (Å²) in [5, 5.41) is 42.8. The van der Waals surface area contributed by atoms with E-state index in [4.69, 9.17) is 30.3 Å². The predicted octanol–water partition coefficient (Wildman–Crippen LogP) is 3.99. The molecule has 0 fully saturated rings. The van der Waals surface area contributed by atoms with Gasteiger partial charge in [-0.25, -0.2) is 4.79 Å². The Hall–Kier alpha value is -0.990.